The van der Waals surface area contributed by atoms with Crippen molar-refractivity contribution in [3.8, 4) is 35.5 Å². The zero-order valence-corrected chi connectivity index (χ0v) is 53.3. The summed E-state index contributed by atoms with van der Waals surface area (Å²) in [4.78, 5) is 43.5. The van der Waals surface area contributed by atoms with Gasteiger partial charge in [-0.1, -0.05) is 104 Å². The Morgan fingerprint density at radius 3 is 1.15 bits per heavy atom. The van der Waals surface area contributed by atoms with Gasteiger partial charge in [0.25, 0.3) is 0 Å². The lowest BCUT2D eigenvalue weighted by Crippen LogP contribution is -2.14. The monoisotopic (exact) mass is 1250 g/mol. The lowest BCUT2D eigenvalue weighted by atomic mass is 10.1. The topological polar surface area (TPSA) is 253 Å². The molecule has 2 N–H and O–H groups in total. The summed E-state index contributed by atoms with van der Waals surface area (Å²) in [5.41, 5.74) is 2.66. The summed E-state index contributed by atoms with van der Waals surface area (Å²) in [5.74, 6) is -0.504. The molecule has 0 unspecified atom stereocenters. The average Bonchev–Trinajstić information content (AvgIpc) is 3.43. The normalized spacial score (nSPS) is 11.1. The lowest BCUT2D eigenvalue weighted by Gasteiger charge is -2.15. The smallest absolute Gasteiger partial charge is 0.306 e. The standard InChI is InChI=1S/C24H33NO5S2.C19H23NO5S2.C15H20NO3PS2/c1-24(2,18-25)32-23(31)19-10-12-20(13-11-19)29-16-8-6-4-3-5-7-9-17-30-22(28)15-14-21(26)27;1-19(2,13-20)27-18(26)14-7-9-15(10-8-14)24-11-12-25-17(23)6-4-3-5-16(21)22;1-15(2,11-16)22-14(21)12-5-7-13(8-6-12)18-9-10-19-20(3,4)17/h10-13H,3-9,14-17H2,1-2H3,(H,26,27);7-10H,3-6,11-12H2,1-2H3,(H,21,22);5-8H,9-10H2,1-4H3. The van der Waals surface area contributed by atoms with Crippen LogP contribution in [0.25, 0.3) is 0 Å². The summed E-state index contributed by atoms with van der Waals surface area (Å²) in [5, 5.41) is 44.2. The Bertz CT molecular complexity index is 2640. The van der Waals surface area contributed by atoms with Gasteiger partial charge in [0, 0.05) is 26.2 Å². The number of hydrogen-bond acceptors (Lipinski definition) is 20. The molecule has 16 nitrogen and oxygen atoms in total. The number of benzene rings is 3. The number of carboxylic acid groups (broad SMARTS) is 2. The maximum absolute atomic E-state index is 11.5. The van der Waals surface area contributed by atoms with Gasteiger partial charge in [0.2, 0.25) is 0 Å². The fourth-order valence-corrected chi connectivity index (χ4v) is 11.2. The SMILES string of the molecule is CC(C)(C#N)SC(=S)c1ccc(OCCCCCCCCCOC(=O)CCC(=O)O)cc1.CC(C)(C#N)SC(=S)c1ccc(OCCOC(=O)CCCCC(=O)O)cc1.CC(C)(C#N)SC(=S)c1ccc(OCCOP(C)(C)=O)cc1. The first-order chi connectivity index (χ1) is 38.1. The van der Waals surface area contributed by atoms with Crippen LogP contribution in [0.15, 0.2) is 72.8 Å². The maximum atomic E-state index is 11.5. The molecular formula is C58H76N3O13PS6. The molecule has 0 aliphatic heterocycles. The number of nitriles is 3. The van der Waals surface area contributed by atoms with Crippen LogP contribution in [-0.2, 0) is 37.7 Å². The molecule has 0 saturated heterocycles. The van der Waals surface area contributed by atoms with Gasteiger partial charge in [0.05, 0.1) is 63.5 Å². The van der Waals surface area contributed by atoms with Crippen molar-refractivity contribution in [1.82, 2.24) is 0 Å². The molecule has 3 aromatic rings. The van der Waals surface area contributed by atoms with Gasteiger partial charge in [0.15, 0.2) is 7.37 Å². The Hall–Kier alpha value is -5.08. The molecule has 0 radical (unpaired) electrons. The van der Waals surface area contributed by atoms with E-state index in [9.17, 15) is 23.7 Å². The Morgan fingerprint density at radius 2 is 0.778 bits per heavy atom. The van der Waals surface area contributed by atoms with Gasteiger partial charge in [-0.15, -0.1) is 0 Å². The highest BCUT2D eigenvalue weighted by Crippen LogP contribution is 2.37. The van der Waals surface area contributed by atoms with Crippen molar-refractivity contribution >= 4 is 116 Å². The Balaban J connectivity index is 0.000000618. The third-order valence-electron chi connectivity index (χ3n) is 10.4. The molecule has 0 atom stereocenters. The first kappa shape index (κ1) is 73.9. The lowest BCUT2D eigenvalue weighted by molar-refractivity contribution is -0.147. The Labute approximate surface area is 507 Å². The first-order valence-corrected chi connectivity index (χ1v) is 32.4. The molecular weight excluding hydrogens is 1170 g/mol. The molecule has 3 rings (SSSR count). The number of carbonyl (C=O) groups excluding carboxylic acids is 2. The minimum absolute atomic E-state index is 0.0579. The number of carboxylic acids is 2. The van der Waals surface area contributed by atoms with Crippen molar-refractivity contribution in [2.45, 2.75) is 139 Å². The second kappa shape index (κ2) is 40.2. The number of unbranched alkanes of at least 4 members (excludes halogenated alkanes) is 7. The molecule has 0 heterocycles. The van der Waals surface area contributed by atoms with E-state index in [0.29, 0.717) is 56.8 Å². The van der Waals surface area contributed by atoms with Crippen LogP contribution in [0.1, 0.15) is 142 Å². The fraction of sp³-hybridized carbons (Fsp3) is 0.517. The van der Waals surface area contributed by atoms with Crippen molar-refractivity contribution < 1.29 is 62.2 Å². The van der Waals surface area contributed by atoms with Crippen LogP contribution in [0.3, 0.4) is 0 Å². The highest BCUT2D eigenvalue weighted by atomic mass is 32.2. The minimum Gasteiger partial charge on any atom is -0.494 e. The number of thioether (sulfide) groups is 3. The molecule has 0 amide bonds. The molecule has 0 aromatic heterocycles. The number of carbonyl (C=O) groups is 4. The van der Waals surface area contributed by atoms with Crippen LogP contribution < -0.4 is 14.2 Å². The predicted molar refractivity (Wildman–Crippen MR) is 335 cm³/mol. The van der Waals surface area contributed by atoms with Crippen molar-refractivity contribution in [2.24, 2.45) is 0 Å². The van der Waals surface area contributed by atoms with Crippen molar-refractivity contribution in [1.29, 1.82) is 15.8 Å². The number of aliphatic carboxylic acids is 2. The summed E-state index contributed by atoms with van der Waals surface area (Å²) in [6.07, 6.45) is 8.25. The van der Waals surface area contributed by atoms with Gasteiger partial charge in [-0.2, -0.15) is 15.8 Å². The van der Waals surface area contributed by atoms with E-state index in [1.54, 1.807) is 25.5 Å². The third kappa shape index (κ3) is 38.4. The summed E-state index contributed by atoms with van der Waals surface area (Å²) in [6, 6.07) is 28.9. The van der Waals surface area contributed by atoms with Crippen LogP contribution in [0.2, 0.25) is 0 Å². The highest BCUT2D eigenvalue weighted by Gasteiger charge is 2.23. The molecule has 23 heteroatoms. The van der Waals surface area contributed by atoms with Crippen LogP contribution >= 0.6 is 79.3 Å². The molecule has 3 aromatic carbocycles. The summed E-state index contributed by atoms with van der Waals surface area (Å²) >= 11 is 20.2. The molecule has 0 spiro atoms. The van der Waals surface area contributed by atoms with Crippen LogP contribution in [0.5, 0.6) is 17.2 Å². The van der Waals surface area contributed by atoms with Crippen molar-refractivity contribution in [3.05, 3.63) is 89.5 Å². The second-order valence-electron chi connectivity index (χ2n) is 19.6. The van der Waals surface area contributed by atoms with Crippen molar-refractivity contribution in [3.63, 3.8) is 0 Å². The van der Waals surface area contributed by atoms with E-state index in [2.05, 4.69) is 18.2 Å². The summed E-state index contributed by atoms with van der Waals surface area (Å²) in [6.45, 7) is 16.2. The largest absolute Gasteiger partial charge is 0.494 e. The van der Waals surface area contributed by atoms with Gasteiger partial charge in [-0.3, -0.25) is 23.7 Å². The fourth-order valence-electron chi connectivity index (χ4n) is 6.10. The van der Waals surface area contributed by atoms with E-state index in [4.69, 9.17) is 90.9 Å². The minimum atomic E-state index is -2.46. The quantitative estimate of drug-likeness (QED) is 0.0244. The van der Waals surface area contributed by atoms with Gasteiger partial charge in [-0.05, 0) is 157 Å². The molecule has 442 valence electrons. The molecule has 81 heavy (non-hydrogen) atoms. The summed E-state index contributed by atoms with van der Waals surface area (Å²) < 4.78 is 43.7. The van der Waals surface area contributed by atoms with E-state index < -0.39 is 39.5 Å². The van der Waals surface area contributed by atoms with Gasteiger partial charge in [-0.25, -0.2) is 0 Å². The zero-order valence-electron chi connectivity index (χ0n) is 47.5. The number of rotatable bonds is 34. The van der Waals surface area contributed by atoms with E-state index in [0.717, 1.165) is 67.4 Å². The van der Waals surface area contributed by atoms with E-state index >= 15 is 0 Å². The summed E-state index contributed by atoms with van der Waals surface area (Å²) in [7, 11) is -2.46. The highest BCUT2D eigenvalue weighted by molar-refractivity contribution is 8.25. The van der Waals surface area contributed by atoms with Gasteiger partial charge >= 0.3 is 23.9 Å². The predicted octanol–water partition coefficient (Wildman–Crippen LogP) is 14.2. The first-order valence-electron chi connectivity index (χ1n) is 26.2. The number of hydrogen-bond donors (Lipinski definition) is 2. The maximum Gasteiger partial charge on any atom is 0.306 e. The average molecular weight is 1250 g/mol. The molecule has 0 saturated carbocycles. The molecule has 0 aliphatic rings. The Morgan fingerprint density at radius 1 is 0.457 bits per heavy atom. The second-order valence-corrected chi connectivity index (χ2v) is 29.3. The third-order valence-corrected chi connectivity index (χ3v) is 15.7. The number of esters is 2. The zero-order chi connectivity index (χ0) is 60.9. The molecule has 0 aliphatic carbocycles. The van der Waals surface area contributed by atoms with E-state index in [-0.39, 0.29) is 51.5 Å². The van der Waals surface area contributed by atoms with Gasteiger partial charge in [0.1, 0.15) is 51.3 Å². The van der Waals surface area contributed by atoms with Crippen LogP contribution in [0, 0.1) is 34.0 Å². The van der Waals surface area contributed by atoms with E-state index in [1.165, 1.54) is 35.3 Å². The molecule has 0 fully saturated rings. The van der Waals surface area contributed by atoms with Crippen molar-refractivity contribution in [2.75, 3.05) is 53.0 Å². The number of nitrogens with zero attached hydrogens (tertiary/aromatic N) is 3. The van der Waals surface area contributed by atoms with Crippen LogP contribution in [0.4, 0.5) is 0 Å². The Kier molecular flexibility index (Phi) is 36.7. The molecule has 0 bridgehead atoms. The van der Waals surface area contributed by atoms with Crippen LogP contribution in [-0.4, -0.2) is 114 Å². The number of ether oxygens (including phenoxy) is 5. The van der Waals surface area contributed by atoms with E-state index in [1.807, 2.05) is 102 Å². The van der Waals surface area contributed by atoms with Gasteiger partial charge < -0.3 is 38.4 Å². The number of thiocarbonyl (C=S) groups is 3.